The summed E-state index contributed by atoms with van der Waals surface area (Å²) in [7, 11) is 0. The molecule has 1 N–H and O–H groups in total. The fourth-order valence-corrected chi connectivity index (χ4v) is 3.22. The van der Waals surface area contributed by atoms with Gasteiger partial charge in [0.25, 0.3) is 5.91 Å². The monoisotopic (exact) mass is 422 g/mol. The lowest BCUT2D eigenvalue weighted by molar-refractivity contribution is -0.130. The third-order valence-corrected chi connectivity index (χ3v) is 4.96. The van der Waals surface area contributed by atoms with Crippen LogP contribution in [0.3, 0.4) is 0 Å². The van der Waals surface area contributed by atoms with Crippen LogP contribution in [0.2, 0.25) is 0 Å². The predicted octanol–water partition coefficient (Wildman–Crippen LogP) is 4.01. The van der Waals surface area contributed by atoms with E-state index in [0.29, 0.717) is 32.0 Å². The highest BCUT2D eigenvalue weighted by molar-refractivity contribution is 5.96. The zero-order chi connectivity index (χ0) is 22.1. The molecule has 2 amide bonds. The number of carbonyl (C=O) groups excluding carboxylic acids is 2. The Morgan fingerprint density at radius 3 is 1.84 bits per heavy atom. The second-order valence-corrected chi connectivity index (χ2v) is 7.16. The molecule has 0 spiro atoms. The lowest BCUT2D eigenvalue weighted by atomic mass is 10.1. The standard InChI is InChI=1S/C25H24F2N2O2/c26-21-11-12-22(23(27)17-21)25(31)28-18-24(30)29(15-13-19-7-3-1-4-8-19)16-14-20-9-5-2-6-10-20/h1-12,17H,13-16,18H2,(H,28,31). The topological polar surface area (TPSA) is 49.4 Å². The molecule has 0 aromatic heterocycles. The minimum atomic E-state index is -0.963. The summed E-state index contributed by atoms with van der Waals surface area (Å²) >= 11 is 0. The Morgan fingerprint density at radius 1 is 0.774 bits per heavy atom. The van der Waals surface area contributed by atoms with Crippen LogP contribution in [0.15, 0.2) is 78.9 Å². The largest absolute Gasteiger partial charge is 0.343 e. The van der Waals surface area contributed by atoms with Crippen molar-refractivity contribution in [1.82, 2.24) is 10.2 Å². The second-order valence-electron chi connectivity index (χ2n) is 7.16. The number of benzene rings is 3. The molecule has 3 aromatic carbocycles. The Balaban J connectivity index is 1.61. The van der Waals surface area contributed by atoms with E-state index >= 15 is 0 Å². The lowest BCUT2D eigenvalue weighted by Crippen LogP contribution is -2.42. The van der Waals surface area contributed by atoms with Crippen molar-refractivity contribution in [3.63, 3.8) is 0 Å². The van der Waals surface area contributed by atoms with Gasteiger partial charge in [-0.15, -0.1) is 0 Å². The molecular weight excluding hydrogens is 398 g/mol. The number of hydrogen-bond acceptors (Lipinski definition) is 2. The number of rotatable bonds is 9. The van der Waals surface area contributed by atoms with Crippen LogP contribution < -0.4 is 5.32 Å². The van der Waals surface area contributed by atoms with E-state index in [4.69, 9.17) is 0 Å². The first-order valence-electron chi connectivity index (χ1n) is 10.1. The van der Waals surface area contributed by atoms with Gasteiger partial charge >= 0.3 is 0 Å². The van der Waals surface area contributed by atoms with Crippen LogP contribution in [-0.4, -0.2) is 36.3 Å². The van der Waals surface area contributed by atoms with E-state index < -0.39 is 17.5 Å². The molecule has 0 aliphatic rings. The van der Waals surface area contributed by atoms with Crippen molar-refractivity contribution < 1.29 is 18.4 Å². The third kappa shape index (κ3) is 6.74. The summed E-state index contributed by atoms with van der Waals surface area (Å²) in [6.45, 7) is 0.728. The van der Waals surface area contributed by atoms with E-state index in [1.54, 1.807) is 4.90 Å². The molecule has 0 radical (unpaired) electrons. The van der Waals surface area contributed by atoms with E-state index in [0.717, 1.165) is 23.3 Å². The Labute approximate surface area is 180 Å². The Kier molecular flexibility index (Phi) is 7.87. The van der Waals surface area contributed by atoms with Crippen molar-refractivity contribution in [2.75, 3.05) is 19.6 Å². The summed E-state index contributed by atoms with van der Waals surface area (Å²) in [6.07, 6.45) is 1.36. The molecule has 31 heavy (non-hydrogen) atoms. The molecule has 160 valence electrons. The quantitative estimate of drug-likeness (QED) is 0.567. The van der Waals surface area contributed by atoms with Crippen LogP contribution in [0, 0.1) is 11.6 Å². The van der Waals surface area contributed by atoms with Crippen LogP contribution >= 0.6 is 0 Å². The molecular formula is C25H24F2N2O2. The van der Waals surface area contributed by atoms with Crippen molar-refractivity contribution in [2.24, 2.45) is 0 Å². The first-order valence-corrected chi connectivity index (χ1v) is 10.1. The van der Waals surface area contributed by atoms with E-state index in [2.05, 4.69) is 5.32 Å². The fraction of sp³-hybridized carbons (Fsp3) is 0.200. The van der Waals surface area contributed by atoms with Crippen molar-refractivity contribution in [2.45, 2.75) is 12.8 Å². The van der Waals surface area contributed by atoms with Crippen LogP contribution in [0.1, 0.15) is 21.5 Å². The van der Waals surface area contributed by atoms with Gasteiger partial charge in [-0.2, -0.15) is 0 Å². The Bertz CT molecular complexity index is 967. The summed E-state index contributed by atoms with van der Waals surface area (Å²) in [5.74, 6) is -2.74. The number of hydrogen-bond donors (Lipinski definition) is 1. The minimum Gasteiger partial charge on any atom is -0.343 e. The van der Waals surface area contributed by atoms with Gasteiger partial charge in [-0.3, -0.25) is 9.59 Å². The van der Waals surface area contributed by atoms with Gasteiger partial charge < -0.3 is 10.2 Å². The third-order valence-electron chi connectivity index (χ3n) is 4.96. The number of nitrogens with one attached hydrogen (secondary N) is 1. The normalized spacial score (nSPS) is 10.5. The van der Waals surface area contributed by atoms with Crippen molar-refractivity contribution in [3.05, 3.63) is 107 Å². The zero-order valence-corrected chi connectivity index (χ0v) is 17.1. The van der Waals surface area contributed by atoms with Gasteiger partial charge in [0.05, 0.1) is 12.1 Å². The Morgan fingerprint density at radius 2 is 1.32 bits per heavy atom. The molecule has 0 saturated carbocycles. The maximum absolute atomic E-state index is 13.8. The van der Waals surface area contributed by atoms with Crippen LogP contribution in [0.5, 0.6) is 0 Å². The highest BCUT2D eigenvalue weighted by atomic mass is 19.1. The van der Waals surface area contributed by atoms with Gasteiger partial charge in [-0.1, -0.05) is 60.7 Å². The van der Waals surface area contributed by atoms with Gasteiger partial charge in [0.2, 0.25) is 5.91 Å². The molecule has 0 bridgehead atoms. The van der Waals surface area contributed by atoms with E-state index in [-0.39, 0.29) is 18.0 Å². The van der Waals surface area contributed by atoms with Gasteiger partial charge in [-0.05, 0) is 36.1 Å². The fourth-order valence-electron chi connectivity index (χ4n) is 3.22. The first-order chi connectivity index (χ1) is 15.0. The lowest BCUT2D eigenvalue weighted by Gasteiger charge is -2.23. The summed E-state index contributed by atoms with van der Waals surface area (Å²) in [5.41, 5.74) is 1.92. The molecule has 4 nitrogen and oxygen atoms in total. The van der Waals surface area contributed by atoms with Gasteiger partial charge in [0.1, 0.15) is 11.6 Å². The summed E-state index contributed by atoms with van der Waals surface area (Å²) in [6, 6.07) is 22.4. The van der Waals surface area contributed by atoms with Gasteiger partial charge in [0.15, 0.2) is 0 Å². The van der Waals surface area contributed by atoms with Crippen LogP contribution in [0.4, 0.5) is 8.78 Å². The number of nitrogens with zero attached hydrogens (tertiary/aromatic N) is 1. The Hall–Kier alpha value is -3.54. The smallest absolute Gasteiger partial charge is 0.254 e. The predicted molar refractivity (Wildman–Crippen MR) is 116 cm³/mol. The molecule has 3 rings (SSSR count). The van der Waals surface area contributed by atoms with E-state index in [1.807, 2.05) is 60.7 Å². The molecule has 0 saturated heterocycles. The first kappa shape index (κ1) is 22.2. The van der Waals surface area contributed by atoms with Crippen molar-refractivity contribution in [3.8, 4) is 0 Å². The molecule has 0 unspecified atom stereocenters. The summed E-state index contributed by atoms with van der Waals surface area (Å²) < 4.78 is 26.9. The van der Waals surface area contributed by atoms with Gasteiger partial charge in [-0.25, -0.2) is 8.78 Å². The van der Waals surface area contributed by atoms with Crippen LogP contribution in [0.25, 0.3) is 0 Å². The summed E-state index contributed by atoms with van der Waals surface area (Å²) in [4.78, 5) is 26.7. The molecule has 3 aromatic rings. The minimum absolute atomic E-state index is 0.261. The average molecular weight is 422 g/mol. The summed E-state index contributed by atoms with van der Waals surface area (Å²) in [5, 5.41) is 2.44. The SMILES string of the molecule is O=C(NCC(=O)N(CCc1ccccc1)CCc1ccccc1)c1ccc(F)cc1F. The second kappa shape index (κ2) is 11.0. The zero-order valence-electron chi connectivity index (χ0n) is 17.1. The average Bonchev–Trinajstić information content (AvgIpc) is 2.78. The maximum atomic E-state index is 13.8. The molecule has 0 aliphatic heterocycles. The van der Waals surface area contributed by atoms with Crippen molar-refractivity contribution >= 4 is 11.8 Å². The van der Waals surface area contributed by atoms with E-state index in [1.165, 1.54) is 0 Å². The van der Waals surface area contributed by atoms with Crippen molar-refractivity contribution in [1.29, 1.82) is 0 Å². The highest BCUT2D eigenvalue weighted by Gasteiger charge is 2.17. The maximum Gasteiger partial charge on any atom is 0.254 e. The van der Waals surface area contributed by atoms with Crippen LogP contribution in [-0.2, 0) is 17.6 Å². The number of amides is 2. The molecule has 6 heteroatoms. The number of carbonyl (C=O) groups is 2. The molecule has 0 fully saturated rings. The molecule has 0 heterocycles. The molecule has 0 aliphatic carbocycles. The van der Waals surface area contributed by atoms with E-state index in [9.17, 15) is 18.4 Å². The molecule has 0 atom stereocenters. The number of halogens is 2. The van der Waals surface area contributed by atoms with Gasteiger partial charge in [0, 0.05) is 19.2 Å². The highest BCUT2D eigenvalue weighted by Crippen LogP contribution is 2.10.